The first-order valence-corrected chi connectivity index (χ1v) is 10.7. The van der Waals surface area contributed by atoms with Gasteiger partial charge in [0.05, 0.1) is 4.91 Å². The van der Waals surface area contributed by atoms with Crippen LogP contribution in [0.25, 0.3) is 6.08 Å². The number of nitrogens with zero attached hydrogens (tertiary/aromatic N) is 1. The summed E-state index contributed by atoms with van der Waals surface area (Å²) in [5.41, 5.74) is 3.16. The summed E-state index contributed by atoms with van der Waals surface area (Å²) >= 11 is 7.15. The molecule has 0 saturated carbocycles. The van der Waals surface area contributed by atoms with Gasteiger partial charge < -0.3 is 15.2 Å². The lowest BCUT2D eigenvalue weighted by molar-refractivity contribution is -0.115. The molecule has 1 aliphatic rings. The zero-order valence-electron chi connectivity index (χ0n) is 16.6. The van der Waals surface area contributed by atoms with Crippen LogP contribution in [0.5, 0.6) is 11.5 Å². The number of benzene rings is 3. The fraction of sp³-hybridized carbons (Fsp3) is 0.0833. The van der Waals surface area contributed by atoms with Gasteiger partial charge in [0.15, 0.2) is 5.17 Å². The van der Waals surface area contributed by atoms with Crippen molar-refractivity contribution >= 4 is 46.2 Å². The minimum absolute atomic E-state index is 0.0614. The van der Waals surface area contributed by atoms with Gasteiger partial charge in [0.2, 0.25) is 0 Å². The molecule has 0 atom stereocenters. The van der Waals surface area contributed by atoms with Crippen LogP contribution in [0.1, 0.15) is 16.7 Å². The van der Waals surface area contributed by atoms with Crippen molar-refractivity contribution in [2.45, 2.75) is 13.5 Å². The second kappa shape index (κ2) is 9.29. The summed E-state index contributed by atoms with van der Waals surface area (Å²) in [5, 5.41) is 13.8. The smallest absolute Gasteiger partial charge is 0.264 e. The van der Waals surface area contributed by atoms with Gasteiger partial charge in [-0.2, -0.15) is 0 Å². The van der Waals surface area contributed by atoms with Crippen LogP contribution in [0, 0.1) is 6.92 Å². The molecule has 0 unspecified atom stereocenters. The number of amides is 1. The number of rotatable bonds is 5. The number of aryl methyl sites for hydroxylation is 1. The second-order valence-electron chi connectivity index (χ2n) is 6.93. The van der Waals surface area contributed by atoms with E-state index in [1.165, 1.54) is 11.8 Å². The number of halogens is 1. The van der Waals surface area contributed by atoms with Crippen molar-refractivity contribution in [2.75, 3.05) is 0 Å². The van der Waals surface area contributed by atoms with E-state index in [1.54, 1.807) is 24.3 Å². The maximum Gasteiger partial charge on any atom is 0.264 e. The molecule has 0 aliphatic carbocycles. The number of aromatic hydroxyl groups is 1. The molecular weight excluding hydrogens is 432 g/mol. The van der Waals surface area contributed by atoms with Gasteiger partial charge in [-0.1, -0.05) is 48.0 Å². The Labute approximate surface area is 189 Å². The van der Waals surface area contributed by atoms with E-state index in [4.69, 9.17) is 16.3 Å². The van der Waals surface area contributed by atoms with Gasteiger partial charge in [-0.15, -0.1) is 0 Å². The zero-order chi connectivity index (χ0) is 21.8. The van der Waals surface area contributed by atoms with Gasteiger partial charge >= 0.3 is 0 Å². The van der Waals surface area contributed by atoms with Crippen LogP contribution in [0.15, 0.2) is 76.6 Å². The molecule has 1 heterocycles. The van der Waals surface area contributed by atoms with Crippen LogP contribution < -0.4 is 10.1 Å². The first-order valence-electron chi connectivity index (χ1n) is 9.53. The van der Waals surface area contributed by atoms with Crippen LogP contribution in [0.3, 0.4) is 0 Å². The predicted octanol–water partition coefficient (Wildman–Crippen LogP) is 5.82. The molecule has 1 saturated heterocycles. The third kappa shape index (κ3) is 5.29. The Morgan fingerprint density at radius 1 is 1.13 bits per heavy atom. The lowest BCUT2D eigenvalue weighted by Crippen LogP contribution is -2.19. The van der Waals surface area contributed by atoms with E-state index in [-0.39, 0.29) is 11.7 Å². The lowest BCUT2D eigenvalue weighted by atomic mass is 10.2. The van der Waals surface area contributed by atoms with Crippen molar-refractivity contribution in [3.05, 3.63) is 93.3 Å². The minimum atomic E-state index is -0.247. The van der Waals surface area contributed by atoms with Crippen molar-refractivity contribution in [2.24, 2.45) is 4.99 Å². The van der Waals surface area contributed by atoms with E-state index in [0.29, 0.717) is 33.1 Å². The quantitative estimate of drug-likeness (QED) is 0.480. The summed E-state index contributed by atoms with van der Waals surface area (Å²) in [5.74, 6) is 0.481. The highest BCUT2D eigenvalue weighted by Gasteiger charge is 2.24. The predicted molar refractivity (Wildman–Crippen MR) is 126 cm³/mol. The lowest BCUT2D eigenvalue weighted by Gasteiger charge is -2.09. The number of aliphatic imine (C=N–C) groups is 1. The Kier molecular flexibility index (Phi) is 6.30. The number of hydrogen-bond donors (Lipinski definition) is 2. The number of carbonyl (C=O) groups is 1. The van der Waals surface area contributed by atoms with Crippen LogP contribution >= 0.6 is 23.4 Å². The first kappa shape index (κ1) is 21.0. The van der Waals surface area contributed by atoms with E-state index in [2.05, 4.69) is 10.3 Å². The standard InChI is InChI=1S/C24H19ClN2O3S/c1-15-6-11-20(28)19(12-15)26-24-27-23(29)22(31-24)13-17-4-2-3-5-21(17)30-14-16-7-9-18(25)10-8-16/h2-13,28H,14H2,1H3,(H,26,27,29)/b22-13-. The molecule has 0 bridgehead atoms. The van der Waals surface area contributed by atoms with Gasteiger partial charge in [-0.05, 0) is 66.2 Å². The number of carbonyl (C=O) groups excluding carboxylic acids is 1. The molecule has 0 radical (unpaired) electrons. The summed E-state index contributed by atoms with van der Waals surface area (Å²) in [6.07, 6.45) is 1.77. The molecule has 4 rings (SSSR count). The molecule has 1 fully saturated rings. The topological polar surface area (TPSA) is 70.9 Å². The van der Waals surface area contributed by atoms with Crippen molar-refractivity contribution in [1.29, 1.82) is 0 Å². The number of nitrogens with one attached hydrogen (secondary N) is 1. The van der Waals surface area contributed by atoms with E-state index >= 15 is 0 Å². The number of hydrogen-bond acceptors (Lipinski definition) is 5. The van der Waals surface area contributed by atoms with E-state index in [1.807, 2.05) is 55.5 Å². The number of ether oxygens (including phenoxy) is 1. The maximum atomic E-state index is 12.5. The number of para-hydroxylation sites is 1. The Morgan fingerprint density at radius 2 is 1.90 bits per heavy atom. The highest BCUT2D eigenvalue weighted by molar-refractivity contribution is 8.18. The highest BCUT2D eigenvalue weighted by atomic mass is 35.5. The monoisotopic (exact) mass is 450 g/mol. The van der Waals surface area contributed by atoms with Crippen LogP contribution in [0.2, 0.25) is 5.02 Å². The van der Waals surface area contributed by atoms with Crippen molar-refractivity contribution in [1.82, 2.24) is 5.32 Å². The Bertz CT molecular complexity index is 1190. The molecule has 2 N–H and O–H groups in total. The SMILES string of the molecule is Cc1ccc(O)c(N=C2NC(=O)/C(=C/c3ccccc3OCc3ccc(Cl)cc3)S2)c1. The third-order valence-corrected chi connectivity index (χ3v) is 5.68. The second-order valence-corrected chi connectivity index (χ2v) is 8.39. The van der Waals surface area contributed by atoms with Crippen LogP contribution in [-0.4, -0.2) is 16.2 Å². The minimum Gasteiger partial charge on any atom is -0.506 e. The van der Waals surface area contributed by atoms with Gasteiger partial charge in [0, 0.05) is 10.6 Å². The summed E-state index contributed by atoms with van der Waals surface area (Å²) < 4.78 is 5.97. The van der Waals surface area contributed by atoms with E-state index < -0.39 is 0 Å². The molecule has 156 valence electrons. The van der Waals surface area contributed by atoms with E-state index in [9.17, 15) is 9.90 Å². The fourth-order valence-electron chi connectivity index (χ4n) is 2.93. The summed E-state index contributed by atoms with van der Waals surface area (Å²) in [7, 11) is 0. The fourth-order valence-corrected chi connectivity index (χ4v) is 3.88. The maximum absolute atomic E-state index is 12.5. The van der Waals surface area contributed by atoms with Crippen molar-refractivity contribution in [3.63, 3.8) is 0 Å². The Balaban J connectivity index is 1.53. The number of phenols is 1. The molecule has 1 amide bonds. The summed E-state index contributed by atoms with van der Waals surface area (Å²) in [6, 6.07) is 20.1. The molecule has 7 heteroatoms. The molecule has 0 spiro atoms. The molecule has 1 aliphatic heterocycles. The van der Waals surface area contributed by atoms with E-state index in [0.717, 1.165) is 16.7 Å². The summed E-state index contributed by atoms with van der Waals surface area (Å²) in [4.78, 5) is 17.3. The third-order valence-electron chi connectivity index (χ3n) is 4.52. The first-order chi connectivity index (χ1) is 15.0. The number of amidine groups is 1. The summed E-state index contributed by atoms with van der Waals surface area (Å²) in [6.45, 7) is 2.30. The molecule has 0 aromatic heterocycles. The normalized spacial score (nSPS) is 16.0. The van der Waals surface area contributed by atoms with Gasteiger partial charge in [-0.3, -0.25) is 4.79 Å². The Hall–Kier alpha value is -3.22. The molecule has 31 heavy (non-hydrogen) atoms. The van der Waals surface area contributed by atoms with Crippen LogP contribution in [-0.2, 0) is 11.4 Å². The molecule has 3 aromatic rings. The highest BCUT2D eigenvalue weighted by Crippen LogP contribution is 2.33. The average molecular weight is 451 g/mol. The zero-order valence-corrected chi connectivity index (χ0v) is 18.2. The van der Waals surface area contributed by atoms with Crippen molar-refractivity contribution < 1.29 is 14.6 Å². The van der Waals surface area contributed by atoms with Crippen molar-refractivity contribution in [3.8, 4) is 11.5 Å². The molecule has 5 nitrogen and oxygen atoms in total. The van der Waals surface area contributed by atoms with Gasteiger partial charge in [0.25, 0.3) is 5.91 Å². The average Bonchev–Trinajstić information content (AvgIpc) is 3.10. The molecule has 3 aromatic carbocycles. The largest absolute Gasteiger partial charge is 0.506 e. The number of phenolic OH excluding ortho intramolecular Hbond substituents is 1. The van der Waals surface area contributed by atoms with Gasteiger partial charge in [-0.25, -0.2) is 4.99 Å². The van der Waals surface area contributed by atoms with Gasteiger partial charge in [0.1, 0.15) is 23.8 Å². The molecular formula is C24H19ClN2O3S. The number of thioether (sulfide) groups is 1. The van der Waals surface area contributed by atoms with Crippen LogP contribution in [0.4, 0.5) is 5.69 Å². The Morgan fingerprint density at radius 3 is 2.71 bits per heavy atom.